The Balaban J connectivity index is 3.23. The van der Waals surface area contributed by atoms with Crippen LogP contribution in [-0.2, 0) is 35.1 Å². The van der Waals surface area contributed by atoms with Gasteiger partial charge in [-0.3, -0.25) is 14.4 Å². The molecule has 1 aromatic rings. The van der Waals surface area contributed by atoms with Crippen molar-refractivity contribution >= 4 is 35.0 Å². The molecule has 0 radical (unpaired) electrons. The summed E-state index contributed by atoms with van der Waals surface area (Å²) < 4.78 is 5.29. The maximum absolute atomic E-state index is 13.6. The number of ether oxygens (including phenoxy) is 1. The van der Waals surface area contributed by atoms with E-state index < -0.39 is 42.0 Å². The molecule has 0 fully saturated rings. The molecular formula is C32H50N4O6. The highest BCUT2D eigenvalue weighted by Crippen LogP contribution is 2.25. The van der Waals surface area contributed by atoms with Crippen LogP contribution < -0.4 is 21.7 Å². The molecule has 3 amide bonds. The van der Waals surface area contributed by atoms with E-state index in [1.807, 2.05) is 31.2 Å². The fourth-order valence-electron chi connectivity index (χ4n) is 4.60. The number of hydrogen-bond donors (Lipinski definition) is 4. The first-order valence-electron chi connectivity index (χ1n) is 14.9. The van der Waals surface area contributed by atoms with Crippen LogP contribution in [0.2, 0.25) is 0 Å². The number of nitrogens with two attached hydrogens (primary N) is 1. The Bertz CT molecular complexity index is 1080. The number of unbranched alkanes of at least 4 members (excludes halogenated alkanes) is 1. The molecular weight excluding hydrogens is 536 g/mol. The number of rotatable bonds is 19. The van der Waals surface area contributed by atoms with E-state index >= 15 is 0 Å². The van der Waals surface area contributed by atoms with E-state index in [1.165, 1.54) is 13.8 Å². The van der Waals surface area contributed by atoms with Crippen molar-refractivity contribution < 1.29 is 28.7 Å². The lowest BCUT2D eigenvalue weighted by Crippen LogP contribution is -2.56. The van der Waals surface area contributed by atoms with Crippen LogP contribution in [0.5, 0.6) is 0 Å². The lowest BCUT2D eigenvalue weighted by molar-refractivity contribution is -0.152. The van der Waals surface area contributed by atoms with Gasteiger partial charge in [0.05, 0.1) is 6.10 Å². The van der Waals surface area contributed by atoms with Gasteiger partial charge in [-0.2, -0.15) is 0 Å². The lowest BCUT2D eigenvalue weighted by Gasteiger charge is -2.26. The third kappa shape index (κ3) is 13.4. The van der Waals surface area contributed by atoms with Gasteiger partial charge in [0.25, 0.3) is 0 Å². The fraction of sp³-hybridized carbons (Fsp3) is 0.594. The van der Waals surface area contributed by atoms with E-state index in [1.54, 1.807) is 13.8 Å². The van der Waals surface area contributed by atoms with Crippen LogP contribution in [0.15, 0.2) is 30.3 Å². The monoisotopic (exact) mass is 586 g/mol. The van der Waals surface area contributed by atoms with Gasteiger partial charge in [0, 0.05) is 19.8 Å². The largest absolute Gasteiger partial charge is 0.461 e. The molecule has 0 spiro atoms. The predicted octanol–water partition coefficient (Wildman–Crippen LogP) is 3.36. The average molecular weight is 587 g/mol. The molecule has 2 unspecified atom stereocenters. The number of nitrogens with one attached hydrogen (secondary N) is 3. The second-order valence-electron chi connectivity index (χ2n) is 10.8. The molecule has 0 heterocycles. The molecule has 0 saturated heterocycles. The van der Waals surface area contributed by atoms with Gasteiger partial charge in [-0.1, -0.05) is 43.7 Å². The van der Waals surface area contributed by atoms with Crippen LogP contribution in [0.4, 0.5) is 0 Å². The second kappa shape index (κ2) is 19.6. The highest BCUT2D eigenvalue weighted by Gasteiger charge is 2.30. The van der Waals surface area contributed by atoms with Crippen LogP contribution in [0.1, 0.15) is 97.6 Å². The minimum absolute atomic E-state index is 0.0758. The summed E-state index contributed by atoms with van der Waals surface area (Å²) in [5.41, 5.74) is 8.72. The Hall–Kier alpha value is -3.53. The predicted molar refractivity (Wildman–Crippen MR) is 164 cm³/mol. The van der Waals surface area contributed by atoms with E-state index in [0.717, 1.165) is 29.5 Å². The Labute approximate surface area is 250 Å². The Morgan fingerprint density at radius 1 is 0.905 bits per heavy atom. The first-order chi connectivity index (χ1) is 19.9. The number of ketones is 1. The highest BCUT2D eigenvalue weighted by atomic mass is 16.5. The molecule has 234 valence electrons. The van der Waals surface area contributed by atoms with Crippen LogP contribution in [0, 0.1) is 0 Å². The van der Waals surface area contributed by atoms with Gasteiger partial charge in [-0.25, -0.2) is 4.79 Å². The van der Waals surface area contributed by atoms with E-state index in [4.69, 9.17) is 10.5 Å². The average Bonchev–Trinajstić information content (AvgIpc) is 2.92. The highest BCUT2D eigenvalue weighted by molar-refractivity contribution is 5.94. The zero-order valence-corrected chi connectivity index (χ0v) is 26.1. The normalized spacial score (nSPS) is 13.6. The van der Waals surface area contributed by atoms with Crippen molar-refractivity contribution in [3.05, 3.63) is 41.5 Å². The Morgan fingerprint density at radius 2 is 1.55 bits per heavy atom. The smallest absolute Gasteiger partial charge is 0.328 e. The molecule has 3 atom stereocenters. The molecule has 0 bridgehead atoms. The van der Waals surface area contributed by atoms with Crippen LogP contribution >= 0.6 is 0 Å². The van der Waals surface area contributed by atoms with Crippen molar-refractivity contribution in [2.45, 2.75) is 117 Å². The summed E-state index contributed by atoms with van der Waals surface area (Å²) in [4.78, 5) is 63.4. The van der Waals surface area contributed by atoms with E-state index in [0.29, 0.717) is 19.4 Å². The summed E-state index contributed by atoms with van der Waals surface area (Å²) in [6, 6.07) is 5.00. The van der Waals surface area contributed by atoms with E-state index in [2.05, 4.69) is 28.9 Å². The van der Waals surface area contributed by atoms with E-state index in [-0.39, 0.29) is 37.4 Å². The number of carbonyl (C=O) groups is 5. The lowest BCUT2D eigenvalue weighted by atomic mass is 9.92. The molecule has 0 saturated carbocycles. The van der Waals surface area contributed by atoms with Crippen molar-refractivity contribution in [2.24, 2.45) is 5.73 Å². The standard InChI is InChI=1S/C32H50N4O6/c1-7-13-25-14-9-10-15-26(25)24(8-2)20-29(34-23(6)38)31(40)35-27(16-11-12-19-33)30(39)36-28(18-17-22(5)37)32(41)42-21(3)4/h8-10,14-15,21,27-29H,7,11-13,16-20,33H2,1-6H3,(H,34,38)(H,35,40)(H,36,39)/b24-8-/t27-,28?,29?/m0/s1. The number of Topliss-reactive ketones (excluding diaryl/α,β-unsaturated/α-hetero) is 1. The molecule has 5 N–H and O–H groups in total. The molecule has 10 heteroatoms. The number of carbonyl (C=O) groups excluding carboxylic acids is 5. The van der Waals surface area contributed by atoms with Gasteiger partial charge in [-0.15, -0.1) is 0 Å². The zero-order chi connectivity index (χ0) is 31.7. The van der Waals surface area contributed by atoms with Crippen molar-refractivity contribution in [2.75, 3.05) is 6.54 Å². The van der Waals surface area contributed by atoms with Crippen molar-refractivity contribution in [1.82, 2.24) is 16.0 Å². The molecule has 0 aliphatic carbocycles. The summed E-state index contributed by atoms with van der Waals surface area (Å²) >= 11 is 0. The summed E-state index contributed by atoms with van der Waals surface area (Å²) in [5.74, 6) is -2.24. The summed E-state index contributed by atoms with van der Waals surface area (Å²) in [7, 11) is 0. The number of hydrogen-bond acceptors (Lipinski definition) is 7. The minimum atomic E-state index is -1.05. The van der Waals surface area contributed by atoms with Gasteiger partial charge in [0.15, 0.2) is 0 Å². The third-order valence-electron chi connectivity index (χ3n) is 6.67. The minimum Gasteiger partial charge on any atom is -0.461 e. The van der Waals surface area contributed by atoms with Gasteiger partial charge < -0.3 is 31.2 Å². The molecule has 10 nitrogen and oxygen atoms in total. The van der Waals surface area contributed by atoms with Crippen LogP contribution in [0.25, 0.3) is 5.57 Å². The zero-order valence-electron chi connectivity index (χ0n) is 26.1. The summed E-state index contributed by atoms with van der Waals surface area (Å²) in [6.07, 6.45) is 5.20. The Morgan fingerprint density at radius 3 is 2.12 bits per heavy atom. The van der Waals surface area contributed by atoms with Gasteiger partial charge in [0.1, 0.15) is 23.9 Å². The maximum atomic E-state index is 13.6. The quantitative estimate of drug-likeness (QED) is 0.143. The number of aryl methyl sites for hydroxylation is 1. The van der Waals surface area contributed by atoms with Crippen molar-refractivity contribution in [1.29, 1.82) is 0 Å². The number of benzene rings is 1. The summed E-state index contributed by atoms with van der Waals surface area (Å²) in [5, 5.41) is 8.21. The summed E-state index contributed by atoms with van der Waals surface area (Å²) in [6.45, 7) is 10.5. The molecule has 0 aliphatic rings. The number of amides is 3. The van der Waals surface area contributed by atoms with Crippen LogP contribution in [-0.4, -0.2) is 60.2 Å². The van der Waals surface area contributed by atoms with Crippen molar-refractivity contribution in [3.8, 4) is 0 Å². The second-order valence-corrected chi connectivity index (χ2v) is 10.8. The van der Waals surface area contributed by atoms with Crippen molar-refractivity contribution in [3.63, 3.8) is 0 Å². The molecule has 42 heavy (non-hydrogen) atoms. The van der Waals surface area contributed by atoms with Gasteiger partial charge in [-0.05, 0) is 83.0 Å². The first kappa shape index (κ1) is 36.5. The SMILES string of the molecule is C/C=C(/CC(NC(C)=O)C(=O)N[C@@H](CCCCN)C(=O)NC(CCC(C)=O)C(=O)OC(C)C)c1ccccc1CCC. The van der Waals surface area contributed by atoms with Crippen LogP contribution in [0.3, 0.4) is 0 Å². The number of esters is 1. The van der Waals surface area contributed by atoms with Gasteiger partial charge >= 0.3 is 5.97 Å². The first-order valence-corrected chi connectivity index (χ1v) is 14.9. The van der Waals surface area contributed by atoms with E-state index in [9.17, 15) is 24.0 Å². The number of allylic oxidation sites excluding steroid dienone is 1. The Kier molecular flexibility index (Phi) is 17.0. The fourth-order valence-corrected chi connectivity index (χ4v) is 4.60. The third-order valence-corrected chi connectivity index (χ3v) is 6.67. The topological polar surface area (TPSA) is 157 Å². The maximum Gasteiger partial charge on any atom is 0.328 e. The molecule has 1 rings (SSSR count). The molecule has 0 aliphatic heterocycles. The van der Waals surface area contributed by atoms with Gasteiger partial charge in [0.2, 0.25) is 17.7 Å². The molecule has 0 aromatic heterocycles. The molecule has 1 aromatic carbocycles.